The molecule has 0 radical (unpaired) electrons. The van der Waals surface area contributed by atoms with Gasteiger partial charge in [0.15, 0.2) is 0 Å². The maximum atomic E-state index is 6.16. The van der Waals surface area contributed by atoms with E-state index in [2.05, 4.69) is 51.2 Å². The van der Waals surface area contributed by atoms with Crippen LogP contribution in [0.2, 0.25) is 5.02 Å². The average molecular weight is 308 g/mol. The van der Waals surface area contributed by atoms with Crippen LogP contribution in [0.5, 0.6) is 0 Å². The van der Waals surface area contributed by atoms with Crippen molar-refractivity contribution in [3.63, 3.8) is 0 Å². The van der Waals surface area contributed by atoms with Crippen LogP contribution < -0.4 is 5.32 Å². The molecule has 1 aromatic carbocycles. The zero-order chi connectivity index (χ0) is 15.5. The largest absolute Gasteiger partial charge is 0.307 e. The fourth-order valence-electron chi connectivity index (χ4n) is 3.80. The molecule has 3 unspecified atom stereocenters. The summed E-state index contributed by atoms with van der Waals surface area (Å²) in [5, 5.41) is 4.78. The van der Waals surface area contributed by atoms with Gasteiger partial charge in [-0.3, -0.25) is 0 Å². The molecule has 1 N–H and O–H groups in total. The molecule has 3 atom stereocenters. The summed E-state index contributed by atoms with van der Waals surface area (Å²) in [6, 6.07) is 9.36. The molecular weight excluding hydrogens is 278 g/mol. The summed E-state index contributed by atoms with van der Waals surface area (Å²) in [5.41, 5.74) is 1.70. The Labute approximate surface area is 135 Å². The lowest BCUT2D eigenvalue weighted by molar-refractivity contribution is 0.122. The number of nitrogens with one attached hydrogen (secondary N) is 1. The fourth-order valence-corrected chi connectivity index (χ4v) is 4.00. The lowest BCUT2D eigenvalue weighted by atomic mass is 9.69. The number of rotatable bonds is 4. The van der Waals surface area contributed by atoms with Gasteiger partial charge in [0.05, 0.1) is 0 Å². The topological polar surface area (TPSA) is 12.0 Å². The predicted octanol–water partition coefficient (Wildman–Crippen LogP) is 5.99. The first-order valence-corrected chi connectivity index (χ1v) is 8.81. The zero-order valence-electron chi connectivity index (χ0n) is 14.0. The Kier molecular flexibility index (Phi) is 5.73. The fraction of sp³-hybridized carbons (Fsp3) is 0.684. The molecule has 2 heteroatoms. The molecule has 21 heavy (non-hydrogen) atoms. The molecule has 0 amide bonds. The van der Waals surface area contributed by atoms with E-state index in [0.717, 1.165) is 17.4 Å². The Hall–Kier alpha value is -0.530. The molecule has 0 aromatic heterocycles. The minimum Gasteiger partial charge on any atom is -0.307 e. The Balaban J connectivity index is 2.13. The maximum Gasteiger partial charge on any atom is 0.0409 e. The van der Waals surface area contributed by atoms with Gasteiger partial charge in [0.2, 0.25) is 0 Å². The molecule has 1 fully saturated rings. The van der Waals surface area contributed by atoms with Crippen molar-refractivity contribution in [2.24, 2.45) is 11.3 Å². The van der Waals surface area contributed by atoms with Crippen LogP contribution in [-0.4, -0.2) is 6.04 Å². The second-order valence-corrected chi connectivity index (χ2v) is 7.98. The third-order valence-electron chi connectivity index (χ3n) is 4.95. The lowest BCUT2D eigenvalue weighted by Gasteiger charge is -2.42. The second-order valence-electron chi connectivity index (χ2n) is 7.55. The summed E-state index contributed by atoms with van der Waals surface area (Å²) in [5.74, 6) is 0.763. The van der Waals surface area contributed by atoms with Crippen molar-refractivity contribution in [1.82, 2.24) is 5.32 Å². The predicted molar refractivity (Wildman–Crippen MR) is 92.8 cm³/mol. The van der Waals surface area contributed by atoms with Gasteiger partial charge in [-0.25, -0.2) is 0 Å². The SMILES string of the molecule is CCC(NC1CCCCC1C(C)(C)C)c1cccc(Cl)c1. The third-order valence-corrected chi connectivity index (χ3v) is 5.19. The molecule has 1 aromatic rings. The molecule has 0 aliphatic heterocycles. The van der Waals surface area contributed by atoms with E-state index in [9.17, 15) is 0 Å². The molecule has 1 saturated carbocycles. The van der Waals surface area contributed by atoms with E-state index in [4.69, 9.17) is 11.6 Å². The van der Waals surface area contributed by atoms with E-state index in [1.54, 1.807) is 0 Å². The summed E-state index contributed by atoms with van der Waals surface area (Å²) in [6.45, 7) is 9.42. The standard InChI is InChI=1S/C19H30ClN/c1-5-17(14-9-8-10-15(20)13-14)21-18-12-7-6-11-16(18)19(2,3)4/h8-10,13,16-18,21H,5-7,11-12H2,1-4H3. The van der Waals surface area contributed by atoms with Gasteiger partial charge < -0.3 is 5.32 Å². The minimum atomic E-state index is 0.380. The Morgan fingerprint density at radius 1 is 1.24 bits per heavy atom. The highest BCUT2D eigenvalue weighted by atomic mass is 35.5. The maximum absolute atomic E-state index is 6.16. The zero-order valence-corrected chi connectivity index (χ0v) is 14.7. The monoisotopic (exact) mass is 307 g/mol. The van der Waals surface area contributed by atoms with Crippen molar-refractivity contribution in [3.05, 3.63) is 34.9 Å². The van der Waals surface area contributed by atoms with Crippen molar-refractivity contribution in [2.45, 2.75) is 71.9 Å². The lowest BCUT2D eigenvalue weighted by Crippen LogP contribution is -2.45. The van der Waals surface area contributed by atoms with E-state index < -0.39 is 0 Å². The Bertz CT molecular complexity index is 449. The highest BCUT2D eigenvalue weighted by molar-refractivity contribution is 6.30. The normalized spacial score (nSPS) is 24.8. The first-order chi connectivity index (χ1) is 9.91. The van der Waals surface area contributed by atoms with Gasteiger partial charge in [-0.2, -0.15) is 0 Å². The van der Waals surface area contributed by atoms with Gasteiger partial charge >= 0.3 is 0 Å². The summed E-state index contributed by atoms with van der Waals surface area (Å²) in [7, 11) is 0. The van der Waals surface area contributed by atoms with Gasteiger partial charge in [-0.1, -0.05) is 64.3 Å². The summed E-state index contributed by atoms with van der Waals surface area (Å²) >= 11 is 6.16. The summed E-state index contributed by atoms with van der Waals surface area (Å²) < 4.78 is 0. The van der Waals surface area contributed by atoms with Gasteiger partial charge in [-0.15, -0.1) is 0 Å². The van der Waals surface area contributed by atoms with Crippen LogP contribution in [0.15, 0.2) is 24.3 Å². The molecule has 2 rings (SSSR count). The molecule has 1 aliphatic rings. The van der Waals surface area contributed by atoms with Gasteiger partial charge in [0.25, 0.3) is 0 Å². The van der Waals surface area contributed by atoms with Crippen molar-refractivity contribution < 1.29 is 0 Å². The molecule has 0 spiro atoms. The number of halogens is 1. The second kappa shape index (κ2) is 7.15. The van der Waals surface area contributed by atoms with Crippen LogP contribution in [0, 0.1) is 11.3 Å². The smallest absolute Gasteiger partial charge is 0.0409 e. The van der Waals surface area contributed by atoms with Crippen molar-refractivity contribution in [1.29, 1.82) is 0 Å². The molecule has 0 bridgehead atoms. The molecular formula is C19H30ClN. The number of hydrogen-bond donors (Lipinski definition) is 1. The highest BCUT2D eigenvalue weighted by Gasteiger charge is 2.34. The van der Waals surface area contributed by atoms with Crippen LogP contribution in [0.1, 0.15) is 71.4 Å². The van der Waals surface area contributed by atoms with Crippen LogP contribution in [0.4, 0.5) is 0 Å². The number of hydrogen-bond acceptors (Lipinski definition) is 1. The molecule has 1 aliphatic carbocycles. The highest BCUT2D eigenvalue weighted by Crippen LogP contribution is 2.39. The first-order valence-electron chi connectivity index (χ1n) is 8.43. The third kappa shape index (κ3) is 4.47. The van der Waals surface area contributed by atoms with Gasteiger partial charge in [0, 0.05) is 17.1 Å². The van der Waals surface area contributed by atoms with Crippen molar-refractivity contribution >= 4 is 11.6 Å². The van der Waals surface area contributed by atoms with Gasteiger partial charge in [0.1, 0.15) is 0 Å². The van der Waals surface area contributed by atoms with Crippen LogP contribution in [0.3, 0.4) is 0 Å². The minimum absolute atomic E-state index is 0.380. The van der Waals surface area contributed by atoms with E-state index in [1.165, 1.54) is 31.2 Å². The number of benzene rings is 1. The summed E-state index contributed by atoms with van der Waals surface area (Å²) in [4.78, 5) is 0. The van der Waals surface area contributed by atoms with E-state index in [-0.39, 0.29) is 0 Å². The molecule has 1 nitrogen and oxygen atoms in total. The molecule has 0 heterocycles. The van der Waals surface area contributed by atoms with Gasteiger partial charge in [-0.05, 0) is 48.3 Å². The molecule has 118 valence electrons. The average Bonchev–Trinajstić information content (AvgIpc) is 2.44. The van der Waals surface area contributed by atoms with Crippen LogP contribution >= 0.6 is 11.6 Å². The Morgan fingerprint density at radius 3 is 2.57 bits per heavy atom. The van der Waals surface area contributed by atoms with Crippen LogP contribution in [-0.2, 0) is 0 Å². The van der Waals surface area contributed by atoms with E-state index in [0.29, 0.717) is 17.5 Å². The van der Waals surface area contributed by atoms with Crippen molar-refractivity contribution in [3.8, 4) is 0 Å². The summed E-state index contributed by atoms with van der Waals surface area (Å²) in [6.07, 6.45) is 6.50. The first kappa shape index (κ1) is 16.8. The Morgan fingerprint density at radius 2 is 1.95 bits per heavy atom. The van der Waals surface area contributed by atoms with Crippen molar-refractivity contribution in [2.75, 3.05) is 0 Å². The van der Waals surface area contributed by atoms with Crippen LogP contribution in [0.25, 0.3) is 0 Å². The molecule has 0 saturated heterocycles. The quantitative estimate of drug-likeness (QED) is 0.721. The van der Waals surface area contributed by atoms with E-state index in [1.807, 2.05) is 6.07 Å². The van der Waals surface area contributed by atoms with E-state index >= 15 is 0 Å².